The van der Waals surface area contributed by atoms with Gasteiger partial charge in [-0.2, -0.15) is 0 Å². The second-order valence-electron chi connectivity index (χ2n) is 5.44. The summed E-state index contributed by atoms with van der Waals surface area (Å²) in [7, 11) is 0. The Balaban J connectivity index is 2.09. The molecule has 1 unspecified atom stereocenters. The zero-order chi connectivity index (χ0) is 16.1. The van der Waals surface area contributed by atoms with E-state index in [1.807, 2.05) is 70.2 Å². The van der Waals surface area contributed by atoms with E-state index in [9.17, 15) is 4.79 Å². The summed E-state index contributed by atoms with van der Waals surface area (Å²) >= 11 is 0. The van der Waals surface area contributed by atoms with E-state index in [4.69, 9.17) is 4.74 Å². The number of amides is 1. The summed E-state index contributed by atoms with van der Waals surface area (Å²) in [6.45, 7) is 8.59. The Bertz CT molecular complexity index is 647. The minimum absolute atomic E-state index is 0.0393. The summed E-state index contributed by atoms with van der Waals surface area (Å²) < 4.78 is 5.43. The monoisotopic (exact) mass is 297 g/mol. The Labute approximate surface area is 132 Å². The lowest BCUT2D eigenvalue weighted by molar-refractivity contribution is 0.0939. The highest BCUT2D eigenvalue weighted by atomic mass is 16.5. The maximum atomic E-state index is 12.4. The van der Waals surface area contributed by atoms with Gasteiger partial charge < -0.3 is 10.1 Å². The number of benzene rings is 2. The zero-order valence-corrected chi connectivity index (χ0v) is 13.6. The highest BCUT2D eigenvalue weighted by molar-refractivity contribution is 5.96. The summed E-state index contributed by atoms with van der Waals surface area (Å²) in [5.74, 6) is 0.807. The highest BCUT2D eigenvalue weighted by Gasteiger charge is 2.14. The van der Waals surface area contributed by atoms with Crippen LogP contribution in [0.2, 0.25) is 0 Å². The molecule has 0 aliphatic rings. The molecule has 0 heterocycles. The van der Waals surface area contributed by atoms with Crippen LogP contribution in [-0.2, 0) is 0 Å². The first-order valence-corrected chi connectivity index (χ1v) is 7.62. The molecular formula is C19H23NO2. The normalized spacial score (nSPS) is 11.8. The van der Waals surface area contributed by atoms with Crippen molar-refractivity contribution < 1.29 is 9.53 Å². The van der Waals surface area contributed by atoms with Gasteiger partial charge in [-0.1, -0.05) is 24.3 Å². The van der Waals surface area contributed by atoms with Crippen molar-refractivity contribution in [2.45, 2.75) is 33.7 Å². The van der Waals surface area contributed by atoms with Crippen molar-refractivity contribution in [2.75, 3.05) is 6.61 Å². The van der Waals surface area contributed by atoms with Gasteiger partial charge in [-0.15, -0.1) is 0 Å². The molecule has 0 aromatic heterocycles. The van der Waals surface area contributed by atoms with Gasteiger partial charge in [-0.05, 0) is 62.6 Å². The van der Waals surface area contributed by atoms with Crippen LogP contribution < -0.4 is 10.1 Å². The molecule has 2 aromatic carbocycles. The molecule has 1 atom stereocenters. The first-order valence-electron chi connectivity index (χ1n) is 7.62. The van der Waals surface area contributed by atoms with E-state index in [1.54, 1.807) is 0 Å². The Kier molecular flexibility index (Phi) is 5.21. The molecule has 0 spiro atoms. The topological polar surface area (TPSA) is 38.3 Å². The molecule has 0 radical (unpaired) electrons. The van der Waals surface area contributed by atoms with Crippen molar-refractivity contribution >= 4 is 5.91 Å². The van der Waals surface area contributed by atoms with Crippen molar-refractivity contribution in [1.29, 1.82) is 0 Å². The second-order valence-corrected chi connectivity index (χ2v) is 5.44. The first-order chi connectivity index (χ1) is 10.5. The Morgan fingerprint density at radius 3 is 2.45 bits per heavy atom. The molecule has 0 bridgehead atoms. The fourth-order valence-corrected chi connectivity index (χ4v) is 2.37. The standard InChI is InChI=1S/C19H23NO2/c1-5-22-17-11-9-16(10-12-17)15(4)20-19(21)18-8-6-7-13(2)14(18)3/h6-12,15H,5H2,1-4H3,(H,20,21). The first kappa shape index (κ1) is 16.1. The number of nitrogens with one attached hydrogen (secondary N) is 1. The van der Waals surface area contributed by atoms with Crippen molar-refractivity contribution in [3.05, 3.63) is 64.7 Å². The zero-order valence-electron chi connectivity index (χ0n) is 13.6. The minimum atomic E-state index is -0.0527. The average molecular weight is 297 g/mol. The molecule has 2 rings (SSSR count). The molecule has 0 aliphatic heterocycles. The number of carbonyl (C=O) groups is 1. The van der Waals surface area contributed by atoms with Crippen LogP contribution in [0.3, 0.4) is 0 Å². The van der Waals surface area contributed by atoms with Crippen LogP contribution in [0.15, 0.2) is 42.5 Å². The van der Waals surface area contributed by atoms with Crippen LogP contribution in [0.1, 0.15) is 46.9 Å². The third kappa shape index (κ3) is 3.67. The molecule has 0 saturated heterocycles. The van der Waals surface area contributed by atoms with Crippen LogP contribution in [0.25, 0.3) is 0 Å². The number of rotatable bonds is 5. The van der Waals surface area contributed by atoms with Crippen LogP contribution in [-0.4, -0.2) is 12.5 Å². The van der Waals surface area contributed by atoms with Crippen molar-refractivity contribution in [1.82, 2.24) is 5.32 Å². The predicted molar refractivity (Wildman–Crippen MR) is 89.4 cm³/mol. The molecule has 0 saturated carbocycles. The fraction of sp³-hybridized carbons (Fsp3) is 0.316. The molecule has 0 fully saturated rings. The fourth-order valence-electron chi connectivity index (χ4n) is 2.37. The summed E-state index contributed by atoms with van der Waals surface area (Å²) in [6, 6.07) is 13.6. The maximum Gasteiger partial charge on any atom is 0.252 e. The van der Waals surface area contributed by atoms with E-state index in [-0.39, 0.29) is 11.9 Å². The van der Waals surface area contributed by atoms with E-state index in [1.165, 1.54) is 0 Å². The van der Waals surface area contributed by atoms with Crippen molar-refractivity contribution in [3.63, 3.8) is 0 Å². The van der Waals surface area contributed by atoms with Gasteiger partial charge in [0.2, 0.25) is 0 Å². The van der Waals surface area contributed by atoms with Gasteiger partial charge in [0.05, 0.1) is 12.6 Å². The van der Waals surface area contributed by atoms with Crippen LogP contribution in [0.5, 0.6) is 5.75 Å². The lowest BCUT2D eigenvalue weighted by atomic mass is 10.0. The van der Waals surface area contributed by atoms with E-state index in [0.717, 1.165) is 28.0 Å². The van der Waals surface area contributed by atoms with Crippen LogP contribution in [0, 0.1) is 13.8 Å². The lowest BCUT2D eigenvalue weighted by Gasteiger charge is -2.16. The Morgan fingerprint density at radius 2 is 1.82 bits per heavy atom. The smallest absolute Gasteiger partial charge is 0.252 e. The number of ether oxygens (including phenoxy) is 1. The van der Waals surface area contributed by atoms with Gasteiger partial charge in [0, 0.05) is 5.56 Å². The molecule has 1 N–H and O–H groups in total. The van der Waals surface area contributed by atoms with Gasteiger partial charge in [0.15, 0.2) is 0 Å². The SMILES string of the molecule is CCOc1ccc(C(C)NC(=O)c2cccc(C)c2C)cc1. The number of hydrogen-bond donors (Lipinski definition) is 1. The van der Waals surface area contributed by atoms with Gasteiger partial charge in [-0.25, -0.2) is 0 Å². The molecule has 1 amide bonds. The van der Waals surface area contributed by atoms with E-state index in [2.05, 4.69) is 5.32 Å². The number of hydrogen-bond acceptors (Lipinski definition) is 2. The molecule has 3 heteroatoms. The van der Waals surface area contributed by atoms with E-state index >= 15 is 0 Å². The van der Waals surface area contributed by atoms with Crippen molar-refractivity contribution in [3.8, 4) is 5.75 Å². The quantitative estimate of drug-likeness (QED) is 0.898. The summed E-state index contributed by atoms with van der Waals surface area (Å²) in [5.41, 5.74) is 3.94. The summed E-state index contributed by atoms with van der Waals surface area (Å²) in [5, 5.41) is 3.05. The number of aryl methyl sites for hydroxylation is 1. The molecule has 116 valence electrons. The molecule has 0 aliphatic carbocycles. The predicted octanol–water partition coefficient (Wildman–Crippen LogP) is 4.19. The molecular weight excluding hydrogens is 274 g/mol. The maximum absolute atomic E-state index is 12.4. The molecule has 2 aromatic rings. The minimum Gasteiger partial charge on any atom is -0.494 e. The Hall–Kier alpha value is -2.29. The van der Waals surface area contributed by atoms with Gasteiger partial charge >= 0.3 is 0 Å². The lowest BCUT2D eigenvalue weighted by Crippen LogP contribution is -2.27. The second kappa shape index (κ2) is 7.12. The van der Waals surface area contributed by atoms with Gasteiger partial charge in [-0.3, -0.25) is 4.79 Å². The third-order valence-corrected chi connectivity index (χ3v) is 3.89. The van der Waals surface area contributed by atoms with E-state index < -0.39 is 0 Å². The molecule has 22 heavy (non-hydrogen) atoms. The van der Waals surface area contributed by atoms with E-state index in [0.29, 0.717) is 6.61 Å². The number of carbonyl (C=O) groups excluding carboxylic acids is 1. The van der Waals surface area contributed by atoms with Crippen molar-refractivity contribution in [2.24, 2.45) is 0 Å². The van der Waals surface area contributed by atoms with Crippen LogP contribution in [0.4, 0.5) is 0 Å². The van der Waals surface area contributed by atoms with Gasteiger partial charge in [0.1, 0.15) is 5.75 Å². The average Bonchev–Trinajstić information content (AvgIpc) is 2.51. The van der Waals surface area contributed by atoms with Crippen LogP contribution >= 0.6 is 0 Å². The van der Waals surface area contributed by atoms with Gasteiger partial charge in [0.25, 0.3) is 5.91 Å². The third-order valence-electron chi connectivity index (χ3n) is 3.89. The summed E-state index contributed by atoms with van der Waals surface area (Å²) in [6.07, 6.45) is 0. The highest BCUT2D eigenvalue weighted by Crippen LogP contribution is 2.19. The molecule has 3 nitrogen and oxygen atoms in total. The summed E-state index contributed by atoms with van der Waals surface area (Å²) in [4.78, 5) is 12.4. The Morgan fingerprint density at radius 1 is 1.14 bits per heavy atom. The largest absolute Gasteiger partial charge is 0.494 e.